The molecule has 3 N–H and O–H groups in total. The molecule has 1 amide bonds. The molecule has 3 heterocycles. The third-order valence-electron chi connectivity index (χ3n) is 4.58. The molecule has 4 rings (SSSR count). The molecule has 2 aromatic heterocycles. The van der Waals surface area contributed by atoms with Crippen molar-refractivity contribution < 1.29 is 9.53 Å². The molecule has 0 aliphatic carbocycles. The van der Waals surface area contributed by atoms with E-state index in [1.165, 1.54) is 5.56 Å². The van der Waals surface area contributed by atoms with Gasteiger partial charge in [0.05, 0.1) is 5.56 Å². The van der Waals surface area contributed by atoms with Crippen LogP contribution in [0.25, 0.3) is 0 Å². The van der Waals surface area contributed by atoms with Crippen LogP contribution in [0.1, 0.15) is 33.5 Å². The molecule has 3 aromatic rings. The number of pyridine rings is 1. The highest BCUT2D eigenvalue weighted by Gasteiger charge is 2.22. The molecule has 142 valence electrons. The summed E-state index contributed by atoms with van der Waals surface area (Å²) >= 11 is 0. The number of carbonyl (C=O) groups excluding carboxylic acids is 1. The topological polar surface area (TPSA) is 117 Å². The van der Waals surface area contributed by atoms with E-state index in [-0.39, 0.29) is 18.2 Å². The Morgan fingerprint density at radius 2 is 1.96 bits per heavy atom. The third-order valence-corrected chi connectivity index (χ3v) is 4.58. The fourth-order valence-corrected chi connectivity index (χ4v) is 3.14. The van der Waals surface area contributed by atoms with Gasteiger partial charge < -0.3 is 10.1 Å². The van der Waals surface area contributed by atoms with Gasteiger partial charge in [-0.15, -0.1) is 0 Å². The first-order chi connectivity index (χ1) is 13.6. The maximum Gasteiger partial charge on any atom is 0.328 e. The Morgan fingerprint density at radius 3 is 2.79 bits per heavy atom. The minimum Gasteiger partial charge on any atom is -0.440 e. The summed E-state index contributed by atoms with van der Waals surface area (Å²) in [6.45, 7) is 0.554. The van der Waals surface area contributed by atoms with E-state index in [4.69, 9.17) is 4.74 Å². The molecule has 0 spiro atoms. The average Bonchev–Trinajstić information content (AvgIpc) is 2.70. The van der Waals surface area contributed by atoms with Crippen molar-refractivity contribution in [2.75, 3.05) is 6.54 Å². The zero-order valence-corrected chi connectivity index (χ0v) is 15.0. The number of carbonyl (C=O) groups is 1. The SMILES string of the molecule is O=C(NCCCc1ccncc1)c1ccc2c(c1)Cc1c([nH]c(=O)[nH]c1=O)O2. The lowest BCUT2D eigenvalue weighted by Gasteiger charge is -2.19. The first-order valence-electron chi connectivity index (χ1n) is 8.93. The summed E-state index contributed by atoms with van der Waals surface area (Å²) in [4.78, 5) is 44.4. The lowest BCUT2D eigenvalue weighted by atomic mass is 10.0. The predicted octanol–water partition coefficient (Wildman–Crippen LogP) is 1.52. The monoisotopic (exact) mass is 378 g/mol. The van der Waals surface area contributed by atoms with Gasteiger partial charge in [-0.05, 0) is 48.7 Å². The van der Waals surface area contributed by atoms with E-state index in [2.05, 4.69) is 20.3 Å². The van der Waals surface area contributed by atoms with Crippen LogP contribution in [0.2, 0.25) is 0 Å². The molecule has 0 saturated heterocycles. The highest BCUT2D eigenvalue weighted by molar-refractivity contribution is 5.94. The minimum absolute atomic E-state index is 0.148. The van der Waals surface area contributed by atoms with Gasteiger partial charge in [0, 0.05) is 36.5 Å². The largest absolute Gasteiger partial charge is 0.440 e. The van der Waals surface area contributed by atoms with Crippen molar-refractivity contribution in [1.29, 1.82) is 0 Å². The minimum atomic E-state index is -0.616. The van der Waals surface area contributed by atoms with Gasteiger partial charge >= 0.3 is 5.69 Å². The molecule has 0 fully saturated rings. The summed E-state index contributed by atoms with van der Waals surface area (Å²) < 4.78 is 5.61. The van der Waals surface area contributed by atoms with Crippen molar-refractivity contribution in [3.8, 4) is 11.6 Å². The summed E-state index contributed by atoms with van der Waals surface area (Å²) in [7, 11) is 0. The second kappa shape index (κ2) is 7.51. The summed E-state index contributed by atoms with van der Waals surface area (Å²) in [5.74, 6) is 0.483. The van der Waals surface area contributed by atoms with Crippen LogP contribution in [0, 0.1) is 0 Å². The maximum absolute atomic E-state index is 12.4. The number of fused-ring (bicyclic) bond motifs is 2. The fraction of sp³-hybridized carbons (Fsp3) is 0.200. The third kappa shape index (κ3) is 3.71. The number of hydrogen-bond acceptors (Lipinski definition) is 5. The van der Waals surface area contributed by atoms with E-state index in [9.17, 15) is 14.4 Å². The average molecular weight is 378 g/mol. The maximum atomic E-state index is 12.4. The van der Waals surface area contributed by atoms with Gasteiger partial charge in [0.1, 0.15) is 5.75 Å². The zero-order valence-electron chi connectivity index (χ0n) is 15.0. The van der Waals surface area contributed by atoms with Gasteiger partial charge in [-0.25, -0.2) is 4.79 Å². The molecule has 8 nitrogen and oxygen atoms in total. The van der Waals surface area contributed by atoms with Crippen LogP contribution in [0.3, 0.4) is 0 Å². The summed E-state index contributed by atoms with van der Waals surface area (Å²) in [5.41, 5.74) is 1.62. The van der Waals surface area contributed by atoms with E-state index in [0.29, 0.717) is 23.4 Å². The molecule has 0 bridgehead atoms. The van der Waals surface area contributed by atoms with Gasteiger partial charge in [0.2, 0.25) is 5.88 Å². The van der Waals surface area contributed by atoms with Crippen LogP contribution < -0.4 is 21.3 Å². The van der Waals surface area contributed by atoms with Crippen LogP contribution in [0.5, 0.6) is 11.6 Å². The molecular weight excluding hydrogens is 360 g/mol. The Morgan fingerprint density at radius 1 is 1.14 bits per heavy atom. The van der Waals surface area contributed by atoms with Gasteiger partial charge in [0.15, 0.2) is 0 Å². The zero-order chi connectivity index (χ0) is 19.5. The van der Waals surface area contributed by atoms with Crippen molar-refractivity contribution in [2.24, 2.45) is 0 Å². The van der Waals surface area contributed by atoms with Gasteiger partial charge in [-0.1, -0.05) is 0 Å². The second-order valence-corrected chi connectivity index (χ2v) is 6.53. The number of aromatic nitrogens is 3. The van der Waals surface area contributed by atoms with Crippen molar-refractivity contribution in [1.82, 2.24) is 20.3 Å². The fourth-order valence-electron chi connectivity index (χ4n) is 3.14. The number of aromatic amines is 2. The van der Waals surface area contributed by atoms with E-state index in [0.717, 1.165) is 18.4 Å². The number of nitrogens with zero attached hydrogens (tertiary/aromatic N) is 1. The lowest BCUT2D eigenvalue weighted by molar-refractivity contribution is 0.0953. The summed E-state index contributed by atoms with van der Waals surface area (Å²) in [6, 6.07) is 8.95. The van der Waals surface area contributed by atoms with E-state index in [1.807, 2.05) is 12.1 Å². The van der Waals surface area contributed by atoms with Crippen molar-refractivity contribution in [3.05, 3.63) is 85.8 Å². The lowest BCUT2D eigenvalue weighted by Crippen LogP contribution is -2.28. The number of rotatable bonds is 5. The van der Waals surface area contributed by atoms with E-state index >= 15 is 0 Å². The smallest absolute Gasteiger partial charge is 0.328 e. The van der Waals surface area contributed by atoms with Crippen molar-refractivity contribution in [2.45, 2.75) is 19.3 Å². The number of amides is 1. The Kier molecular flexibility index (Phi) is 4.76. The Balaban J connectivity index is 1.41. The number of benzene rings is 1. The normalized spacial score (nSPS) is 11.9. The number of nitrogens with one attached hydrogen (secondary N) is 3. The molecule has 0 saturated carbocycles. The Bertz CT molecular complexity index is 1130. The predicted molar refractivity (Wildman–Crippen MR) is 102 cm³/mol. The van der Waals surface area contributed by atoms with E-state index < -0.39 is 11.2 Å². The van der Waals surface area contributed by atoms with Crippen LogP contribution in [0.15, 0.2) is 52.3 Å². The molecule has 1 aromatic carbocycles. The first-order valence-corrected chi connectivity index (χ1v) is 8.93. The van der Waals surface area contributed by atoms with Crippen LogP contribution >= 0.6 is 0 Å². The highest BCUT2D eigenvalue weighted by atomic mass is 16.5. The molecule has 0 unspecified atom stereocenters. The molecule has 28 heavy (non-hydrogen) atoms. The summed E-state index contributed by atoms with van der Waals surface area (Å²) in [6.07, 6.45) is 5.46. The molecule has 8 heteroatoms. The number of ether oxygens (including phenoxy) is 1. The molecule has 0 atom stereocenters. The van der Waals surface area contributed by atoms with Crippen molar-refractivity contribution in [3.63, 3.8) is 0 Å². The van der Waals surface area contributed by atoms with Gasteiger partial charge in [-0.2, -0.15) is 0 Å². The molecule has 1 aliphatic rings. The highest BCUT2D eigenvalue weighted by Crippen LogP contribution is 2.33. The quantitative estimate of drug-likeness (QED) is 0.455. The Labute approximate surface area is 159 Å². The molecule has 0 radical (unpaired) electrons. The van der Waals surface area contributed by atoms with Gasteiger partial charge in [0.25, 0.3) is 11.5 Å². The van der Waals surface area contributed by atoms with E-state index in [1.54, 1.807) is 30.6 Å². The number of aryl methyl sites for hydroxylation is 1. The Hall–Kier alpha value is -3.68. The number of H-pyrrole nitrogens is 2. The standard InChI is InChI=1S/C20H18N4O4/c25-17(22-7-1-2-12-5-8-21-9-6-12)13-3-4-16-14(10-13)11-15-18(26)23-20(27)24-19(15)28-16/h3-6,8-10H,1-2,7,11H2,(H,22,25)(H2,23,24,26,27). The van der Waals surface area contributed by atoms with Crippen LogP contribution in [-0.2, 0) is 12.8 Å². The van der Waals surface area contributed by atoms with Gasteiger partial charge in [-0.3, -0.25) is 24.5 Å². The summed E-state index contributed by atoms with van der Waals surface area (Å²) in [5, 5.41) is 2.90. The number of hydrogen-bond donors (Lipinski definition) is 3. The van der Waals surface area contributed by atoms with Crippen molar-refractivity contribution >= 4 is 5.91 Å². The molecule has 1 aliphatic heterocycles. The van der Waals surface area contributed by atoms with Crippen LogP contribution in [-0.4, -0.2) is 27.4 Å². The van der Waals surface area contributed by atoms with Crippen LogP contribution in [0.4, 0.5) is 0 Å². The molecular formula is C20H18N4O4. The first kappa shape index (κ1) is 17.7. The second-order valence-electron chi connectivity index (χ2n) is 6.53.